The van der Waals surface area contributed by atoms with Crippen LogP contribution in [0.3, 0.4) is 0 Å². The molecule has 1 saturated heterocycles. The zero-order valence-corrected chi connectivity index (χ0v) is 19.2. The molecule has 4 heterocycles. The molecule has 8 nitrogen and oxygen atoms in total. The van der Waals surface area contributed by atoms with Crippen molar-refractivity contribution in [1.29, 1.82) is 0 Å². The average Bonchev–Trinajstić information content (AvgIpc) is 3.55. The predicted octanol–water partition coefficient (Wildman–Crippen LogP) is 3.64. The second-order valence-corrected chi connectivity index (χ2v) is 8.97. The van der Waals surface area contributed by atoms with Gasteiger partial charge in [-0.15, -0.1) is 22.7 Å². The van der Waals surface area contributed by atoms with Crippen molar-refractivity contribution in [2.24, 2.45) is 0 Å². The number of carbonyl (C=O) groups is 3. The Bertz CT molecular complexity index is 1070. The molecule has 0 aliphatic carbocycles. The van der Waals surface area contributed by atoms with Crippen LogP contribution in [0.15, 0.2) is 45.7 Å². The first-order chi connectivity index (χ1) is 15.6. The lowest BCUT2D eigenvalue weighted by Gasteiger charge is -2.33. The maximum Gasteiger partial charge on any atom is 0.341 e. The number of esters is 1. The third-order valence-electron chi connectivity index (χ3n) is 5.07. The molecular formula is C22H23N3O5S2. The molecule has 0 bridgehead atoms. The van der Waals surface area contributed by atoms with E-state index in [4.69, 9.17) is 9.15 Å². The van der Waals surface area contributed by atoms with Crippen molar-refractivity contribution in [3.63, 3.8) is 0 Å². The highest BCUT2D eigenvalue weighted by atomic mass is 32.1. The van der Waals surface area contributed by atoms with Crippen LogP contribution in [-0.4, -0.2) is 66.9 Å². The van der Waals surface area contributed by atoms with Gasteiger partial charge in [-0.2, -0.15) is 0 Å². The molecule has 0 unspecified atom stereocenters. The highest BCUT2D eigenvalue weighted by molar-refractivity contribution is 7.17. The first kappa shape index (κ1) is 22.3. The molecule has 32 heavy (non-hydrogen) atoms. The fourth-order valence-corrected chi connectivity index (χ4v) is 5.29. The van der Waals surface area contributed by atoms with E-state index in [1.165, 1.54) is 28.9 Å². The Labute approximate surface area is 193 Å². The van der Waals surface area contributed by atoms with Crippen molar-refractivity contribution in [2.45, 2.75) is 6.92 Å². The summed E-state index contributed by atoms with van der Waals surface area (Å²) in [6, 6.07) is 7.19. The molecule has 168 valence electrons. The molecular weight excluding hydrogens is 450 g/mol. The Kier molecular flexibility index (Phi) is 7.03. The van der Waals surface area contributed by atoms with Gasteiger partial charge in [-0.3, -0.25) is 14.5 Å². The SMILES string of the molecule is CCOC(=O)c1c(-c2cccs2)csc1NC(=O)CN1CCN(C(=O)c2ccco2)CC1. The molecule has 1 N–H and O–H groups in total. The maximum atomic E-state index is 12.7. The van der Waals surface area contributed by atoms with Gasteiger partial charge in [-0.05, 0) is 30.5 Å². The Morgan fingerprint density at radius 2 is 1.94 bits per heavy atom. The zero-order valence-electron chi connectivity index (χ0n) is 17.5. The monoisotopic (exact) mass is 473 g/mol. The summed E-state index contributed by atoms with van der Waals surface area (Å²) in [7, 11) is 0. The number of nitrogens with zero attached hydrogens (tertiary/aromatic N) is 2. The standard InChI is InChI=1S/C22H23N3O5S2/c1-2-29-22(28)19-15(17-6-4-12-31-17)14-32-20(19)23-18(26)13-24-7-9-25(10-8-24)21(27)16-5-3-11-30-16/h3-6,11-12,14H,2,7-10,13H2,1H3,(H,23,26). The Morgan fingerprint density at radius 1 is 1.12 bits per heavy atom. The van der Waals surface area contributed by atoms with Gasteiger partial charge in [-0.1, -0.05) is 6.07 Å². The van der Waals surface area contributed by atoms with E-state index in [0.717, 1.165) is 10.4 Å². The first-order valence-electron chi connectivity index (χ1n) is 10.2. The molecule has 0 radical (unpaired) electrons. The number of thiophene rings is 2. The van der Waals surface area contributed by atoms with Crippen LogP contribution in [0.4, 0.5) is 5.00 Å². The molecule has 3 aromatic rings. The molecule has 3 aromatic heterocycles. The van der Waals surface area contributed by atoms with Crippen LogP contribution < -0.4 is 5.32 Å². The van der Waals surface area contributed by atoms with E-state index in [2.05, 4.69) is 5.32 Å². The van der Waals surface area contributed by atoms with Crippen molar-refractivity contribution in [3.05, 3.63) is 52.6 Å². The third-order valence-corrected chi connectivity index (χ3v) is 6.87. The largest absolute Gasteiger partial charge is 0.462 e. The second-order valence-electron chi connectivity index (χ2n) is 7.15. The van der Waals surface area contributed by atoms with Gasteiger partial charge in [-0.25, -0.2) is 4.79 Å². The van der Waals surface area contributed by atoms with Gasteiger partial charge in [0.25, 0.3) is 5.91 Å². The molecule has 0 aromatic carbocycles. The summed E-state index contributed by atoms with van der Waals surface area (Å²) < 4.78 is 10.4. The van der Waals surface area contributed by atoms with E-state index in [1.807, 2.05) is 27.8 Å². The quantitative estimate of drug-likeness (QED) is 0.527. The van der Waals surface area contributed by atoms with Crippen LogP contribution in [0.25, 0.3) is 10.4 Å². The number of carbonyl (C=O) groups excluding carboxylic acids is 3. The van der Waals surface area contributed by atoms with Crippen molar-refractivity contribution in [3.8, 4) is 10.4 Å². The van der Waals surface area contributed by atoms with E-state index in [1.54, 1.807) is 24.0 Å². The summed E-state index contributed by atoms with van der Waals surface area (Å²) in [5.74, 6) is -0.474. The average molecular weight is 474 g/mol. The van der Waals surface area contributed by atoms with Gasteiger partial charge in [0.1, 0.15) is 10.6 Å². The summed E-state index contributed by atoms with van der Waals surface area (Å²) in [6.07, 6.45) is 1.48. The van der Waals surface area contributed by atoms with Gasteiger partial charge < -0.3 is 19.4 Å². The first-order valence-corrected chi connectivity index (χ1v) is 12.0. The molecule has 1 aliphatic rings. The number of piperazine rings is 1. The van der Waals surface area contributed by atoms with Crippen molar-refractivity contribution in [2.75, 3.05) is 44.6 Å². The number of furan rings is 1. The number of rotatable bonds is 7. The minimum Gasteiger partial charge on any atom is -0.462 e. The Balaban J connectivity index is 1.37. The van der Waals surface area contributed by atoms with Gasteiger partial charge in [0.2, 0.25) is 5.91 Å². The van der Waals surface area contributed by atoms with Crippen LogP contribution in [0, 0.1) is 0 Å². The highest BCUT2D eigenvalue weighted by Gasteiger charge is 2.26. The van der Waals surface area contributed by atoms with E-state index in [0.29, 0.717) is 42.5 Å². The third kappa shape index (κ3) is 4.93. The number of nitrogens with one attached hydrogen (secondary N) is 1. The second kappa shape index (κ2) is 10.1. The number of hydrogen-bond acceptors (Lipinski definition) is 8. The normalized spacial score (nSPS) is 14.3. The summed E-state index contributed by atoms with van der Waals surface area (Å²) in [5.41, 5.74) is 1.16. The van der Waals surface area contributed by atoms with Gasteiger partial charge in [0.05, 0.1) is 19.4 Å². The number of amides is 2. The summed E-state index contributed by atoms with van der Waals surface area (Å²) in [4.78, 5) is 42.3. The lowest BCUT2D eigenvalue weighted by molar-refractivity contribution is -0.117. The van der Waals surface area contributed by atoms with Crippen molar-refractivity contribution >= 4 is 45.5 Å². The predicted molar refractivity (Wildman–Crippen MR) is 123 cm³/mol. The summed E-state index contributed by atoms with van der Waals surface area (Å²) in [6.45, 7) is 4.38. The fraction of sp³-hybridized carbons (Fsp3) is 0.318. The van der Waals surface area contributed by atoms with Crippen LogP contribution in [0.5, 0.6) is 0 Å². The van der Waals surface area contributed by atoms with E-state index >= 15 is 0 Å². The van der Waals surface area contributed by atoms with Gasteiger partial charge in [0, 0.05) is 42.0 Å². The Morgan fingerprint density at radius 3 is 2.59 bits per heavy atom. The van der Waals surface area contributed by atoms with Crippen LogP contribution in [-0.2, 0) is 9.53 Å². The number of ether oxygens (including phenoxy) is 1. The van der Waals surface area contributed by atoms with Crippen LogP contribution in [0.2, 0.25) is 0 Å². The van der Waals surface area contributed by atoms with Gasteiger partial charge >= 0.3 is 5.97 Å². The minimum atomic E-state index is -0.447. The maximum absolute atomic E-state index is 12.7. The molecule has 4 rings (SSSR count). The molecule has 0 atom stereocenters. The summed E-state index contributed by atoms with van der Waals surface area (Å²) in [5, 5.41) is 7.18. The number of anilines is 1. The Hall–Kier alpha value is -2.95. The molecule has 2 amide bonds. The molecule has 1 fully saturated rings. The summed E-state index contributed by atoms with van der Waals surface area (Å²) >= 11 is 2.84. The van der Waals surface area contributed by atoms with Crippen LogP contribution >= 0.6 is 22.7 Å². The lowest BCUT2D eigenvalue weighted by Crippen LogP contribution is -2.50. The highest BCUT2D eigenvalue weighted by Crippen LogP contribution is 2.38. The van der Waals surface area contributed by atoms with E-state index < -0.39 is 5.97 Å². The molecule has 10 heteroatoms. The van der Waals surface area contributed by atoms with Crippen LogP contribution in [0.1, 0.15) is 27.8 Å². The van der Waals surface area contributed by atoms with E-state index in [-0.39, 0.29) is 25.0 Å². The van der Waals surface area contributed by atoms with E-state index in [9.17, 15) is 14.4 Å². The fourth-order valence-electron chi connectivity index (χ4n) is 3.50. The smallest absolute Gasteiger partial charge is 0.341 e. The minimum absolute atomic E-state index is 0.141. The number of hydrogen-bond donors (Lipinski definition) is 1. The lowest BCUT2D eigenvalue weighted by atomic mass is 10.1. The molecule has 1 aliphatic heterocycles. The molecule has 0 spiro atoms. The topological polar surface area (TPSA) is 92.1 Å². The molecule has 0 saturated carbocycles. The van der Waals surface area contributed by atoms with Crippen molar-refractivity contribution < 1.29 is 23.5 Å². The van der Waals surface area contributed by atoms with Crippen molar-refractivity contribution in [1.82, 2.24) is 9.80 Å². The van der Waals surface area contributed by atoms with Gasteiger partial charge in [0.15, 0.2) is 5.76 Å². The zero-order chi connectivity index (χ0) is 22.5.